The number of sulfonamides is 1. The standard InChI is InChI=1S/C25H28BrN3O5S/c1-17(24(31)27-20-7-3-2-4-8-20)28(15-18-11-13-19(26)14-12-18)23(30)16-29-25(32)21-9-5-6-10-22(21)35(29,33)34/h5-6,9-14,17,20H,2-4,7-8,15-16H2,1H3,(H,27,31). The number of carbonyl (C=O) groups excluding carboxylic acids is 3. The highest BCUT2D eigenvalue weighted by Gasteiger charge is 2.43. The van der Waals surface area contributed by atoms with E-state index in [2.05, 4.69) is 21.2 Å². The third kappa shape index (κ3) is 5.43. The summed E-state index contributed by atoms with van der Waals surface area (Å²) in [5.41, 5.74) is 0.820. The normalized spacial score (nSPS) is 18.1. The third-order valence-electron chi connectivity index (χ3n) is 6.58. The Kier molecular flexibility index (Phi) is 7.61. The molecule has 0 radical (unpaired) electrons. The molecule has 0 bridgehead atoms. The molecular formula is C25H28BrN3O5S. The van der Waals surface area contributed by atoms with E-state index in [1.54, 1.807) is 13.0 Å². The van der Waals surface area contributed by atoms with Crippen LogP contribution in [0.15, 0.2) is 57.9 Å². The topological polar surface area (TPSA) is 104 Å². The van der Waals surface area contributed by atoms with Gasteiger partial charge in [-0.3, -0.25) is 14.4 Å². The average Bonchev–Trinajstić information content (AvgIpc) is 3.04. The minimum Gasteiger partial charge on any atom is -0.352 e. The molecule has 0 aromatic heterocycles. The Morgan fingerprint density at radius 3 is 2.40 bits per heavy atom. The molecule has 10 heteroatoms. The summed E-state index contributed by atoms with van der Waals surface area (Å²) < 4.78 is 27.4. The zero-order valence-corrected chi connectivity index (χ0v) is 21.8. The van der Waals surface area contributed by atoms with Gasteiger partial charge in [-0.2, -0.15) is 0 Å². The van der Waals surface area contributed by atoms with Crippen LogP contribution in [0.25, 0.3) is 0 Å². The smallest absolute Gasteiger partial charge is 0.269 e. The maximum absolute atomic E-state index is 13.5. The monoisotopic (exact) mass is 561 g/mol. The van der Waals surface area contributed by atoms with Gasteiger partial charge in [-0.1, -0.05) is 59.5 Å². The van der Waals surface area contributed by atoms with Gasteiger partial charge in [0, 0.05) is 17.1 Å². The number of amides is 3. The molecule has 0 saturated heterocycles. The van der Waals surface area contributed by atoms with Crippen LogP contribution in [0.3, 0.4) is 0 Å². The van der Waals surface area contributed by atoms with Gasteiger partial charge in [0.05, 0.1) is 5.56 Å². The second-order valence-corrected chi connectivity index (χ2v) is 11.7. The SMILES string of the molecule is CC(C(=O)NC1CCCCC1)N(Cc1ccc(Br)cc1)C(=O)CN1C(=O)c2ccccc2S1(=O)=O. The molecule has 3 amide bonds. The van der Waals surface area contributed by atoms with Gasteiger partial charge in [0.1, 0.15) is 17.5 Å². The second kappa shape index (κ2) is 10.5. The highest BCUT2D eigenvalue weighted by molar-refractivity contribution is 9.10. The molecule has 1 N–H and O–H groups in total. The lowest BCUT2D eigenvalue weighted by atomic mass is 9.95. The van der Waals surface area contributed by atoms with Gasteiger partial charge in [-0.25, -0.2) is 12.7 Å². The first kappa shape index (κ1) is 25.4. The van der Waals surface area contributed by atoms with Crippen LogP contribution < -0.4 is 5.32 Å². The minimum absolute atomic E-state index is 0.0443. The van der Waals surface area contributed by atoms with Gasteiger partial charge >= 0.3 is 0 Å². The molecular weight excluding hydrogens is 534 g/mol. The van der Waals surface area contributed by atoms with Crippen molar-refractivity contribution in [3.8, 4) is 0 Å². The maximum Gasteiger partial charge on any atom is 0.269 e. The zero-order valence-electron chi connectivity index (χ0n) is 19.4. The highest BCUT2D eigenvalue weighted by Crippen LogP contribution is 2.30. The summed E-state index contributed by atoms with van der Waals surface area (Å²) in [5, 5.41) is 3.04. The first-order chi connectivity index (χ1) is 16.7. The van der Waals surface area contributed by atoms with Crippen molar-refractivity contribution < 1.29 is 22.8 Å². The molecule has 2 aromatic carbocycles. The number of benzene rings is 2. The van der Waals surface area contributed by atoms with Crippen LogP contribution in [0, 0.1) is 0 Å². The summed E-state index contributed by atoms with van der Waals surface area (Å²) in [5.74, 6) is -1.65. The molecule has 186 valence electrons. The Morgan fingerprint density at radius 2 is 1.74 bits per heavy atom. The van der Waals surface area contributed by atoms with Crippen LogP contribution >= 0.6 is 15.9 Å². The number of halogens is 1. The number of nitrogens with zero attached hydrogens (tertiary/aromatic N) is 2. The fourth-order valence-electron chi connectivity index (χ4n) is 4.54. The number of hydrogen-bond donors (Lipinski definition) is 1. The predicted octanol–water partition coefficient (Wildman–Crippen LogP) is 3.46. The maximum atomic E-state index is 13.5. The summed E-state index contributed by atoms with van der Waals surface area (Å²) >= 11 is 3.38. The van der Waals surface area contributed by atoms with E-state index in [9.17, 15) is 22.8 Å². The van der Waals surface area contributed by atoms with Gasteiger partial charge in [0.15, 0.2) is 0 Å². The van der Waals surface area contributed by atoms with E-state index in [4.69, 9.17) is 0 Å². The molecule has 35 heavy (non-hydrogen) atoms. The third-order valence-corrected chi connectivity index (χ3v) is 8.89. The lowest BCUT2D eigenvalue weighted by molar-refractivity contribution is -0.140. The van der Waals surface area contributed by atoms with Crippen LogP contribution in [0.5, 0.6) is 0 Å². The fourth-order valence-corrected chi connectivity index (χ4v) is 6.32. The molecule has 1 aliphatic heterocycles. The van der Waals surface area contributed by atoms with E-state index in [-0.39, 0.29) is 29.0 Å². The Labute approximate surface area is 213 Å². The van der Waals surface area contributed by atoms with Crippen LogP contribution in [0.1, 0.15) is 54.9 Å². The Bertz CT molecular complexity index is 1230. The van der Waals surface area contributed by atoms with Gasteiger partial charge in [0.25, 0.3) is 15.9 Å². The molecule has 2 aromatic rings. The van der Waals surface area contributed by atoms with E-state index in [1.807, 2.05) is 24.3 Å². The van der Waals surface area contributed by atoms with Gasteiger partial charge < -0.3 is 10.2 Å². The molecule has 0 spiro atoms. The van der Waals surface area contributed by atoms with Crippen LogP contribution in [-0.2, 0) is 26.2 Å². The van der Waals surface area contributed by atoms with Crippen molar-refractivity contribution in [3.05, 3.63) is 64.1 Å². The first-order valence-electron chi connectivity index (χ1n) is 11.7. The lowest BCUT2D eigenvalue weighted by Gasteiger charge is -2.32. The molecule has 1 atom stereocenters. The summed E-state index contributed by atoms with van der Waals surface area (Å²) in [4.78, 5) is 40.6. The molecule has 1 aliphatic carbocycles. The van der Waals surface area contributed by atoms with E-state index in [0.717, 1.165) is 42.1 Å². The fraction of sp³-hybridized carbons (Fsp3) is 0.400. The van der Waals surface area contributed by atoms with Crippen molar-refractivity contribution in [2.45, 2.75) is 62.6 Å². The largest absolute Gasteiger partial charge is 0.352 e. The van der Waals surface area contributed by atoms with Crippen LogP contribution in [-0.4, -0.2) is 54.0 Å². The minimum atomic E-state index is -4.14. The van der Waals surface area contributed by atoms with Crippen LogP contribution in [0.4, 0.5) is 0 Å². The van der Waals surface area contributed by atoms with Crippen molar-refractivity contribution in [3.63, 3.8) is 0 Å². The Balaban J connectivity index is 1.56. The summed E-state index contributed by atoms with van der Waals surface area (Å²) in [6.07, 6.45) is 5.05. The molecule has 8 nitrogen and oxygen atoms in total. The average molecular weight is 562 g/mol. The van der Waals surface area contributed by atoms with E-state index in [1.165, 1.54) is 23.1 Å². The lowest BCUT2D eigenvalue weighted by Crippen LogP contribution is -2.52. The Morgan fingerprint density at radius 1 is 1.09 bits per heavy atom. The predicted molar refractivity (Wildman–Crippen MR) is 134 cm³/mol. The van der Waals surface area contributed by atoms with Gasteiger partial charge in [0.2, 0.25) is 11.8 Å². The van der Waals surface area contributed by atoms with Crippen molar-refractivity contribution >= 4 is 43.7 Å². The molecule has 2 aliphatic rings. The molecule has 1 heterocycles. The molecule has 1 fully saturated rings. The zero-order chi connectivity index (χ0) is 25.2. The molecule has 4 rings (SSSR count). The highest BCUT2D eigenvalue weighted by atomic mass is 79.9. The quantitative estimate of drug-likeness (QED) is 0.557. The van der Waals surface area contributed by atoms with Gasteiger partial charge in [-0.05, 0) is 49.6 Å². The second-order valence-electron chi connectivity index (χ2n) is 8.98. The van der Waals surface area contributed by atoms with Crippen molar-refractivity contribution in [2.75, 3.05) is 6.54 Å². The van der Waals surface area contributed by atoms with E-state index < -0.39 is 34.4 Å². The first-order valence-corrected chi connectivity index (χ1v) is 13.9. The molecule has 1 unspecified atom stereocenters. The number of fused-ring (bicyclic) bond motifs is 1. The number of hydrogen-bond acceptors (Lipinski definition) is 5. The van der Waals surface area contributed by atoms with Crippen molar-refractivity contribution in [1.82, 2.24) is 14.5 Å². The van der Waals surface area contributed by atoms with E-state index >= 15 is 0 Å². The number of rotatable bonds is 7. The summed E-state index contributed by atoms with van der Waals surface area (Å²) in [7, 11) is -4.14. The summed E-state index contributed by atoms with van der Waals surface area (Å²) in [6, 6.07) is 12.4. The van der Waals surface area contributed by atoms with E-state index in [0.29, 0.717) is 4.31 Å². The summed E-state index contributed by atoms with van der Waals surface area (Å²) in [6.45, 7) is 1.05. The number of carbonyl (C=O) groups is 3. The van der Waals surface area contributed by atoms with Crippen molar-refractivity contribution in [2.24, 2.45) is 0 Å². The number of nitrogens with one attached hydrogen (secondary N) is 1. The van der Waals surface area contributed by atoms with Crippen molar-refractivity contribution in [1.29, 1.82) is 0 Å². The van der Waals surface area contributed by atoms with Crippen LogP contribution in [0.2, 0.25) is 0 Å². The molecule has 1 saturated carbocycles. The Hall–Kier alpha value is -2.72. The van der Waals surface area contributed by atoms with Gasteiger partial charge in [-0.15, -0.1) is 0 Å².